The van der Waals surface area contributed by atoms with Crippen LogP contribution in [0.4, 0.5) is 0 Å². The minimum Gasteiger partial charge on any atom is -0.465 e. The Balaban J connectivity index is 3.41. The van der Waals surface area contributed by atoms with E-state index in [1.165, 1.54) is 0 Å². The zero-order valence-corrected chi connectivity index (χ0v) is 11.3. The summed E-state index contributed by atoms with van der Waals surface area (Å²) < 4.78 is 5.50. The highest BCUT2D eigenvalue weighted by Gasteiger charge is 2.08. The van der Waals surface area contributed by atoms with E-state index < -0.39 is 9.04 Å². The lowest BCUT2D eigenvalue weighted by Crippen LogP contribution is -2.15. The van der Waals surface area contributed by atoms with Crippen molar-refractivity contribution in [2.75, 3.05) is 0 Å². The van der Waals surface area contributed by atoms with Gasteiger partial charge in [-0.15, -0.1) is 0 Å². The van der Waals surface area contributed by atoms with Crippen LogP contribution in [0.15, 0.2) is 0 Å². The third kappa shape index (κ3) is 7.73. The van der Waals surface area contributed by atoms with Crippen molar-refractivity contribution in [2.45, 2.75) is 37.8 Å². The van der Waals surface area contributed by atoms with Gasteiger partial charge in [0.15, 0.2) is 9.04 Å². The standard InChI is InChI=1S/C8H16N2OSi2/c9-5-1-3-7-13(11-12)8-4-2-6-10/h13H,1-4,7-8H2,12H3. The van der Waals surface area contributed by atoms with Gasteiger partial charge in [0.05, 0.1) is 12.1 Å². The van der Waals surface area contributed by atoms with Gasteiger partial charge in [-0.2, -0.15) is 10.5 Å². The largest absolute Gasteiger partial charge is 0.465 e. The van der Waals surface area contributed by atoms with Crippen molar-refractivity contribution in [1.29, 1.82) is 10.5 Å². The Morgan fingerprint density at radius 3 is 1.85 bits per heavy atom. The number of hydrogen-bond donors (Lipinski definition) is 0. The smallest absolute Gasteiger partial charge is 0.162 e. The summed E-state index contributed by atoms with van der Waals surface area (Å²) in [6.07, 6.45) is 3.24. The van der Waals surface area contributed by atoms with Gasteiger partial charge in [-0.25, -0.2) is 0 Å². The Labute approximate surface area is 84.6 Å². The molecule has 0 spiro atoms. The first-order valence-corrected chi connectivity index (χ1v) is 7.54. The zero-order chi connectivity index (χ0) is 9.94. The Morgan fingerprint density at radius 2 is 1.54 bits per heavy atom. The Kier molecular flexibility index (Phi) is 9.01. The van der Waals surface area contributed by atoms with Crippen LogP contribution in [-0.2, 0) is 4.12 Å². The quantitative estimate of drug-likeness (QED) is 0.459. The molecule has 0 unspecified atom stereocenters. The van der Waals surface area contributed by atoms with Gasteiger partial charge in [0.25, 0.3) is 0 Å². The van der Waals surface area contributed by atoms with Gasteiger partial charge in [-0.05, 0) is 24.9 Å². The van der Waals surface area contributed by atoms with Gasteiger partial charge in [0, 0.05) is 12.8 Å². The summed E-state index contributed by atoms with van der Waals surface area (Å²) in [5.41, 5.74) is 0. The molecule has 0 aliphatic heterocycles. The van der Waals surface area contributed by atoms with Crippen molar-refractivity contribution >= 4 is 19.5 Å². The lowest BCUT2D eigenvalue weighted by atomic mass is 10.4. The zero-order valence-electron chi connectivity index (χ0n) is 8.12. The average Bonchev–Trinajstić information content (AvgIpc) is 2.16. The van der Waals surface area contributed by atoms with E-state index >= 15 is 0 Å². The third-order valence-corrected chi connectivity index (χ3v) is 6.73. The first-order chi connectivity index (χ1) is 6.35. The normalized spacial score (nSPS) is 9.77. The van der Waals surface area contributed by atoms with E-state index in [1.807, 2.05) is 0 Å². The van der Waals surface area contributed by atoms with E-state index in [-0.39, 0.29) is 0 Å². The van der Waals surface area contributed by atoms with Gasteiger partial charge < -0.3 is 4.12 Å². The molecule has 13 heavy (non-hydrogen) atoms. The second-order valence-corrected chi connectivity index (χ2v) is 7.24. The summed E-state index contributed by atoms with van der Waals surface area (Å²) in [6.45, 7) is 0. The third-order valence-electron chi connectivity index (χ3n) is 1.96. The van der Waals surface area contributed by atoms with Crippen LogP contribution >= 0.6 is 0 Å². The predicted octanol–water partition coefficient (Wildman–Crippen LogP) is 0.615. The Bertz CT molecular complexity index is 177. The molecular weight excluding hydrogens is 196 g/mol. The summed E-state index contributed by atoms with van der Waals surface area (Å²) in [5.74, 6) is 0. The van der Waals surface area contributed by atoms with Crippen LogP contribution in [0.3, 0.4) is 0 Å². The Morgan fingerprint density at radius 1 is 1.08 bits per heavy atom. The van der Waals surface area contributed by atoms with Crippen LogP contribution in [0.25, 0.3) is 0 Å². The van der Waals surface area contributed by atoms with E-state index in [0.717, 1.165) is 35.4 Å². The molecule has 0 rings (SSSR count). The highest BCUT2D eigenvalue weighted by Crippen LogP contribution is 2.09. The number of nitrogens with zero attached hydrogens (tertiary/aromatic N) is 2. The predicted molar refractivity (Wildman–Crippen MR) is 57.5 cm³/mol. The van der Waals surface area contributed by atoms with Crippen molar-refractivity contribution in [3.63, 3.8) is 0 Å². The molecule has 0 aromatic heterocycles. The van der Waals surface area contributed by atoms with E-state index in [2.05, 4.69) is 12.1 Å². The van der Waals surface area contributed by atoms with Crippen LogP contribution in [0, 0.1) is 22.7 Å². The molecule has 0 bridgehead atoms. The van der Waals surface area contributed by atoms with E-state index in [0.29, 0.717) is 12.8 Å². The van der Waals surface area contributed by atoms with Gasteiger partial charge in [-0.3, -0.25) is 0 Å². The molecule has 0 aromatic rings. The van der Waals surface area contributed by atoms with Crippen LogP contribution in [0.1, 0.15) is 25.7 Å². The molecular formula is C8H16N2OSi2. The lowest BCUT2D eigenvalue weighted by molar-refractivity contribution is 0.612. The molecule has 3 nitrogen and oxygen atoms in total. The maximum Gasteiger partial charge on any atom is 0.162 e. The Hall–Kier alpha value is -0.626. The average molecular weight is 212 g/mol. The van der Waals surface area contributed by atoms with Crippen molar-refractivity contribution < 1.29 is 4.12 Å². The van der Waals surface area contributed by atoms with Crippen LogP contribution in [-0.4, -0.2) is 19.5 Å². The van der Waals surface area contributed by atoms with Crippen molar-refractivity contribution in [2.24, 2.45) is 0 Å². The second-order valence-electron chi connectivity index (χ2n) is 2.96. The summed E-state index contributed by atoms with van der Waals surface area (Å²) in [5, 5.41) is 16.7. The van der Waals surface area contributed by atoms with E-state index in [4.69, 9.17) is 14.6 Å². The fourth-order valence-corrected chi connectivity index (χ4v) is 4.69. The molecule has 0 radical (unpaired) electrons. The number of unbranched alkanes of at least 4 members (excludes halogenated alkanes) is 2. The minimum absolute atomic E-state index is 0.646. The van der Waals surface area contributed by atoms with Crippen molar-refractivity contribution in [3.05, 3.63) is 0 Å². The highest BCUT2D eigenvalue weighted by molar-refractivity contribution is 6.55. The van der Waals surface area contributed by atoms with Crippen LogP contribution in [0.2, 0.25) is 12.1 Å². The van der Waals surface area contributed by atoms with Crippen molar-refractivity contribution in [3.8, 4) is 12.1 Å². The second kappa shape index (κ2) is 9.46. The molecule has 0 amide bonds. The summed E-state index contributed by atoms with van der Waals surface area (Å²) in [7, 11) is -0.212. The molecule has 5 heteroatoms. The SMILES string of the molecule is N#CCCC[SiH](CCCC#N)O[SiH3]. The van der Waals surface area contributed by atoms with Gasteiger partial charge in [0.1, 0.15) is 10.5 Å². The number of rotatable bonds is 7. The maximum atomic E-state index is 8.36. The molecule has 0 aliphatic rings. The van der Waals surface area contributed by atoms with Crippen LogP contribution in [0.5, 0.6) is 0 Å². The highest BCUT2D eigenvalue weighted by atomic mass is 28.3. The molecule has 0 aromatic carbocycles. The fourth-order valence-electron chi connectivity index (χ4n) is 1.20. The van der Waals surface area contributed by atoms with E-state index in [9.17, 15) is 0 Å². The molecule has 0 fully saturated rings. The molecule has 0 atom stereocenters. The minimum atomic E-state index is -1.02. The molecule has 0 saturated carbocycles. The number of nitriles is 2. The van der Waals surface area contributed by atoms with Crippen molar-refractivity contribution in [1.82, 2.24) is 0 Å². The molecule has 0 heterocycles. The van der Waals surface area contributed by atoms with Gasteiger partial charge in [0.2, 0.25) is 0 Å². The fraction of sp³-hybridized carbons (Fsp3) is 0.750. The topological polar surface area (TPSA) is 56.8 Å². The lowest BCUT2D eigenvalue weighted by Gasteiger charge is -2.11. The van der Waals surface area contributed by atoms with Gasteiger partial charge in [-0.1, -0.05) is 0 Å². The molecule has 72 valence electrons. The van der Waals surface area contributed by atoms with Gasteiger partial charge >= 0.3 is 0 Å². The van der Waals surface area contributed by atoms with E-state index in [1.54, 1.807) is 0 Å². The summed E-state index contributed by atoms with van der Waals surface area (Å²) in [4.78, 5) is 0. The maximum absolute atomic E-state index is 8.36. The first kappa shape index (κ1) is 12.4. The molecule has 0 saturated heterocycles. The number of hydrogen-bond acceptors (Lipinski definition) is 3. The first-order valence-electron chi connectivity index (χ1n) is 4.61. The monoisotopic (exact) mass is 212 g/mol. The summed E-state index contributed by atoms with van der Waals surface area (Å²) in [6, 6.07) is 6.48. The molecule has 0 aliphatic carbocycles. The molecule has 0 N–H and O–H groups in total. The van der Waals surface area contributed by atoms with Crippen LogP contribution < -0.4 is 0 Å². The summed E-state index contributed by atoms with van der Waals surface area (Å²) >= 11 is 0.